The minimum Gasteiger partial charge on any atom is -0.434 e. The molecule has 2 aliphatic heterocycles. The lowest BCUT2D eigenvalue weighted by atomic mass is 9.94. The lowest BCUT2D eigenvalue weighted by molar-refractivity contribution is -0.126. The third-order valence-corrected chi connectivity index (χ3v) is 5.35. The van der Waals surface area contributed by atoms with Crippen molar-refractivity contribution in [2.75, 3.05) is 13.2 Å². The van der Waals surface area contributed by atoms with Crippen LogP contribution in [0, 0.1) is 17.4 Å². The highest BCUT2D eigenvalue weighted by molar-refractivity contribution is 14.1. The molecular weight excluding hydrogens is 433 g/mol. The summed E-state index contributed by atoms with van der Waals surface area (Å²) in [6.45, 7) is 6.65. The predicted octanol–water partition coefficient (Wildman–Crippen LogP) is 4.19. The zero-order chi connectivity index (χ0) is 18.1. The van der Waals surface area contributed by atoms with E-state index in [1.807, 2.05) is 30.9 Å². The smallest absolute Gasteiger partial charge is 0.434 e. The number of fused-ring (bicyclic) bond motifs is 1. The van der Waals surface area contributed by atoms with Gasteiger partial charge < -0.3 is 14.4 Å². The van der Waals surface area contributed by atoms with Crippen LogP contribution in [-0.2, 0) is 14.3 Å². The number of hydrogen-bond donors (Lipinski definition) is 0. The number of hydrogen-bond acceptors (Lipinski definition) is 4. The average molecular weight is 455 g/mol. The Balaban J connectivity index is 2.13. The van der Waals surface area contributed by atoms with E-state index in [0.29, 0.717) is 17.9 Å². The van der Waals surface area contributed by atoms with E-state index >= 15 is 0 Å². The number of rotatable bonds is 3. The van der Waals surface area contributed by atoms with Gasteiger partial charge in [-0.1, -0.05) is 0 Å². The lowest BCUT2D eigenvalue weighted by Crippen LogP contribution is -2.40. The molecule has 2 heterocycles. The van der Waals surface area contributed by atoms with Gasteiger partial charge in [-0.25, -0.2) is 4.79 Å². The van der Waals surface area contributed by atoms with Gasteiger partial charge in [0.2, 0.25) is 0 Å². The number of piperidine rings is 1. The first-order valence-electron chi connectivity index (χ1n) is 8.61. The molecule has 2 aliphatic rings. The summed E-state index contributed by atoms with van der Waals surface area (Å²) in [4.78, 5) is 26.9. The quantitative estimate of drug-likeness (QED) is 0.507. The number of aryl methyl sites for hydroxylation is 2. The minimum absolute atomic E-state index is 0.0450. The summed E-state index contributed by atoms with van der Waals surface area (Å²) in [7, 11) is 0. The molecule has 5 nitrogen and oxygen atoms in total. The van der Waals surface area contributed by atoms with Gasteiger partial charge in [0.25, 0.3) is 5.91 Å². The zero-order valence-corrected chi connectivity index (χ0v) is 16.9. The Morgan fingerprint density at radius 1 is 1.28 bits per heavy atom. The van der Waals surface area contributed by atoms with Gasteiger partial charge in [-0.2, -0.15) is 0 Å². The molecule has 1 atom stereocenters. The molecule has 0 bridgehead atoms. The van der Waals surface area contributed by atoms with Gasteiger partial charge in [-0.05, 0) is 91.4 Å². The maximum atomic E-state index is 13.1. The zero-order valence-electron chi connectivity index (χ0n) is 14.7. The summed E-state index contributed by atoms with van der Waals surface area (Å²) in [5.74, 6) is 0.409. The Morgan fingerprint density at radius 2 is 1.96 bits per heavy atom. The van der Waals surface area contributed by atoms with Gasteiger partial charge in [-0.3, -0.25) is 4.79 Å². The predicted molar refractivity (Wildman–Crippen MR) is 103 cm³/mol. The number of ether oxygens (including phenoxy) is 2. The molecule has 0 N–H and O–H groups in total. The van der Waals surface area contributed by atoms with E-state index < -0.39 is 6.16 Å². The van der Waals surface area contributed by atoms with Crippen molar-refractivity contribution in [2.24, 2.45) is 0 Å². The summed E-state index contributed by atoms with van der Waals surface area (Å²) >= 11 is 2.27. The van der Waals surface area contributed by atoms with Crippen LogP contribution in [0.5, 0.6) is 0 Å². The van der Waals surface area contributed by atoms with Crippen molar-refractivity contribution in [3.05, 3.63) is 38.2 Å². The van der Waals surface area contributed by atoms with Crippen LogP contribution in [0.2, 0.25) is 0 Å². The van der Waals surface area contributed by atoms with Crippen molar-refractivity contribution in [2.45, 2.75) is 46.1 Å². The molecule has 1 amide bonds. The molecule has 1 aromatic carbocycles. The third-order valence-electron chi connectivity index (χ3n) is 4.73. The molecule has 25 heavy (non-hydrogen) atoms. The second kappa shape index (κ2) is 7.35. The van der Waals surface area contributed by atoms with Crippen molar-refractivity contribution >= 4 is 40.2 Å². The fraction of sp³-hybridized carbons (Fsp3) is 0.474. The highest BCUT2D eigenvalue weighted by Crippen LogP contribution is 2.40. The van der Waals surface area contributed by atoms with E-state index in [2.05, 4.69) is 22.6 Å². The van der Waals surface area contributed by atoms with Crippen molar-refractivity contribution < 1.29 is 19.1 Å². The molecule has 1 unspecified atom stereocenters. The molecule has 1 aromatic rings. The Labute approximate surface area is 161 Å². The van der Waals surface area contributed by atoms with Gasteiger partial charge in [0.05, 0.1) is 18.2 Å². The number of carbonyl (C=O) groups excluding carboxylic acids is 2. The molecular formula is C19H22INO4. The Bertz CT molecular complexity index is 733. The van der Waals surface area contributed by atoms with Gasteiger partial charge in [0, 0.05) is 10.1 Å². The molecule has 1 saturated heterocycles. The van der Waals surface area contributed by atoms with Crippen LogP contribution >= 0.6 is 22.6 Å². The molecule has 1 fully saturated rings. The van der Waals surface area contributed by atoms with Gasteiger partial charge in [-0.15, -0.1) is 0 Å². The topological polar surface area (TPSA) is 55.8 Å². The van der Waals surface area contributed by atoms with E-state index in [1.165, 1.54) is 0 Å². The Hall–Kier alpha value is -1.57. The summed E-state index contributed by atoms with van der Waals surface area (Å²) in [6, 6.07) is 3.92. The number of nitrogens with zero attached hydrogens (tertiary/aromatic N) is 1. The van der Waals surface area contributed by atoms with Gasteiger partial charge >= 0.3 is 6.16 Å². The SMILES string of the molecule is CCOC(=O)OC1=C(c2c(C)cc(I)cc2C)C(=O)N2CCCCC12. The first-order valence-corrected chi connectivity index (χ1v) is 9.68. The molecule has 6 heteroatoms. The second-order valence-electron chi connectivity index (χ2n) is 6.45. The summed E-state index contributed by atoms with van der Waals surface area (Å²) in [6.07, 6.45) is 2.07. The normalized spacial score (nSPS) is 19.9. The Morgan fingerprint density at radius 3 is 2.60 bits per heavy atom. The molecule has 0 radical (unpaired) electrons. The van der Waals surface area contributed by atoms with Crippen molar-refractivity contribution in [1.82, 2.24) is 4.90 Å². The summed E-state index contributed by atoms with van der Waals surface area (Å²) in [5, 5.41) is 0. The maximum Gasteiger partial charge on any atom is 0.513 e. The third kappa shape index (κ3) is 3.41. The minimum atomic E-state index is -0.740. The van der Waals surface area contributed by atoms with E-state index in [4.69, 9.17) is 9.47 Å². The van der Waals surface area contributed by atoms with Crippen LogP contribution < -0.4 is 0 Å². The molecule has 0 spiro atoms. The molecule has 0 aliphatic carbocycles. The average Bonchev–Trinajstić information content (AvgIpc) is 2.81. The Kier molecular flexibility index (Phi) is 5.36. The van der Waals surface area contributed by atoms with Crippen LogP contribution in [0.15, 0.2) is 17.9 Å². The largest absolute Gasteiger partial charge is 0.513 e. The van der Waals surface area contributed by atoms with Gasteiger partial charge in [0.15, 0.2) is 0 Å². The van der Waals surface area contributed by atoms with Crippen LogP contribution in [0.1, 0.15) is 42.9 Å². The van der Waals surface area contributed by atoms with E-state index in [0.717, 1.165) is 39.5 Å². The number of halogens is 1. The van der Waals surface area contributed by atoms with Crippen LogP contribution in [-0.4, -0.2) is 36.2 Å². The molecule has 0 aromatic heterocycles. The van der Waals surface area contributed by atoms with Crippen molar-refractivity contribution in [3.8, 4) is 0 Å². The van der Waals surface area contributed by atoms with Crippen LogP contribution in [0.25, 0.3) is 5.57 Å². The fourth-order valence-electron chi connectivity index (χ4n) is 3.75. The van der Waals surface area contributed by atoms with E-state index in [-0.39, 0.29) is 18.6 Å². The van der Waals surface area contributed by atoms with Crippen LogP contribution in [0.4, 0.5) is 4.79 Å². The van der Waals surface area contributed by atoms with Crippen molar-refractivity contribution in [3.63, 3.8) is 0 Å². The monoisotopic (exact) mass is 455 g/mol. The summed E-state index contributed by atoms with van der Waals surface area (Å²) in [5.41, 5.74) is 3.42. The highest BCUT2D eigenvalue weighted by atomic mass is 127. The van der Waals surface area contributed by atoms with E-state index in [1.54, 1.807) is 6.92 Å². The highest BCUT2D eigenvalue weighted by Gasteiger charge is 2.44. The lowest BCUT2D eigenvalue weighted by Gasteiger charge is -2.30. The summed E-state index contributed by atoms with van der Waals surface area (Å²) < 4.78 is 11.6. The second-order valence-corrected chi connectivity index (χ2v) is 7.69. The first-order chi connectivity index (χ1) is 11.9. The first kappa shape index (κ1) is 18.2. The van der Waals surface area contributed by atoms with Crippen molar-refractivity contribution in [1.29, 1.82) is 0 Å². The standard InChI is InChI=1S/C19H22INO4/c1-4-24-19(23)25-17-14-7-5-6-8-21(14)18(22)16(17)15-11(2)9-13(20)10-12(15)3/h9-10,14H,4-8H2,1-3H3. The molecule has 134 valence electrons. The fourth-order valence-corrected chi connectivity index (χ4v) is 4.69. The maximum absolute atomic E-state index is 13.1. The molecule has 3 rings (SSSR count). The number of carbonyl (C=O) groups is 2. The number of amides is 1. The number of benzene rings is 1. The van der Waals surface area contributed by atoms with Crippen LogP contribution in [0.3, 0.4) is 0 Å². The van der Waals surface area contributed by atoms with E-state index in [9.17, 15) is 9.59 Å². The molecule has 0 saturated carbocycles. The van der Waals surface area contributed by atoms with Gasteiger partial charge in [0.1, 0.15) is 5.76 Å².